The van der Waals surface area contributed by atoms with Crippen molar-refractivity contribution in [3.63, 3.8) is 0 Å². The van der Waals surface area contributed by atoms with Gasteiger partial charge in [-0.15, -0.1) is 0 Å². The summed E-state index contributed by atoms with van der Waals surface area (Å²) < 4.78 is 5.56. The van der Waals surface area contributed by atoms with Crippen LogP contribution in [-0.4, -0.2) is 55.1 Å². The summed E-state index contributed by atoms with van der Waals surface area (Å²) in [6, 6.07) is -0.519. The Hall–Kier alpha value is -1.14. The first kappa shape index (κ1) is 13.3. The molecule has 2 fully saturated rings. The molecule has 2 aliphatic rings. The summed E-state index contributed by atoms with van der Waals surface area (Å²) in [5.74, 6) is -0.465. The Bertz CT molecular complexity index is 316. The number of rotatable bonds is 3. The summed E-state index contributed by atoms with van der Waals surface area (Å²) in [6.07, 6.45) is 3.48. The third-order valence-electron chi connectivity index (χ3n) is 3.57. The maximum absolute atomic E-state index is 12.2. The highest BCUT2D eigenvalue weighted by molar-refractivity contribution is 5.87. The maximum Gasteiger partial charge on any atom is 0.241 e. The molecule has 6 heteroatoms. The van der Waals surface area contributed by atoms with E-state index in [1.54, 1.807) is 4.90 Å². The standard InChI is InChI=1S/C12H21N3O3/c13-12(17)10-8-14-4-5-15(10)11(16)7-9-3-1-2-6-18-9/h9-10,14H,1-8H2,(H2,13,17). The summed E-state index contributed by atoms with van der Waals surface area (Å²) in [6.45, 7) is 2.44. The van der Waals surface area contributed by atoms with Crippen molar-refractivity contribution in [2.75, 3.05) is 26.2 Å². The van der Waals surface area contributed by atoms with Crippen LogP contribution in [0, 0.1) is 0 Å². The van der Waals surface area contributed by atoms with E-state index in [4.69, 9.17) is 10.5 Å². The molecule has 0 saturated carbocycles. The number of nitrogens with zero attached hydrogens (tertiary/aromatic N) is 1. The number of carbonyl (C=O) groups excluding carboxylic acids is 2. The summed E-state index contributed by atoms with van der Waals surface area (Å²) in [5.41, 5.74) is 5.32. The van der Waals surface area contributed by atoms with E-state index in [9.17, 15) is 9.59 Å². The van der Waals surface area contributed by atoms with E-state index in [1.165, 1.54) is 0 Å². The van der Waals surface area contributed by atoms with Crippen LogP contribution in [0.3, 0.4) is 0 Å². The SMILES string of the molecule is NC(=O)C1CNCCN1C(=O)CC1CCCCO1. The molecule has 2 unspecified atom stereocenters. The molecule has 3 N–H and O–H groups in total. The highest BCUT2D eigenvalue weighted by atomic mass is 16.5. The number of carbonyl (C=O) groups is 2. The Morgan fingerprint density at radius 2 is 2.22 bits per heavy atom. The molecule has 6 nitrogen and oxygen atoms in total. The molecule has 0 bridgehead atoms. The third kappa shape index (κ3) is 3.20. The zero-order valence-electron chi connectivity index (χ0n) is 10.6. The Balaban J connectivity index is 1.91. The molecule has 2 saturated heterocycles. The van der Waals surface area contributed by atoms with Gasteiger partial charge in [-0.1, -0.05) is 0 Å². The number of amides is 2. The van der Waals surface area contributed by atoms with Crippen LogP contribution in [0.1, 0.15) is 25.7 Å². The Morgan fingerprint density at radius 3 is 2.89 bits per heavy atom. The molecule has 2 atom stereocenters. The van der Waals surface area contributed by atoms with Crippen molar-refractivity contribution in [3.05, 3.63) is 0 Å². The molecule has 2 amide bonds. The first-order valence-corrected chi connectivity index (χ1v) is 6.59. The lowest BCUT2D eigenvalue weighted by molar-refractivity contribution is -0.143. The lowest BCUT2D eigenvalue weighted by Gasteiger charge is -2.35. The summed E-state index contributed by atoms with van der Waals surface area (Å²) in [4.78, 5) is 25.1. The molecular weight excluding hydrogens is 234 g/mol. The number of ether oxygens (including phenoxy) is 1. The van der Waals surface area contributed by atoms with Gasteiger partial charge in [-0.2, -0.15) is 0 Å². The minimum absolute atomic E-state index is 0.00895. The van der Waals surface area contributed by atoms with Crippen LogP contribution in [0.2, 0.25) is 0 Å². The molecule has 2 rings (SSSR count). The van der Waals surface area contributed by atoms with Gasteiger partial charge in [0.05, 0.1) is 12.5 Å². The van der Waals surface area contributed by atoms with Gasteiger partial charge >= 0.3 is 0 Å². The lowest BCUT2D eigenvalue weighted by atomic mass is 10.0. The van der Waals surface area contributed by atoms with Gasteiger partial charge in [-0.05, 0) is 19.3 Å². The highest BCUT2D eigenvalue weighted by Gasteiger charge is 2.31. The largest absolute Gasteiger partial charge is 0.378 e. The molecule has 0 spiro atoms. The third-order valence-corrected chi connectivity index (χ3v) is 3.57. The smallest absolute Gasteiger partial charge is 0.241 e. The quantitative estimate of drug-likeness (QED) is 0.693. The van der Waals surface area contributed by atoms with Crippen molar-refractivity contribution in [1.82, 2.24) is 10.2 Å². The van der Waals surface area contributed by atoms with Crippen molar-refractivity contribution in [3.8, 4) is 0 Å². The van der Waals surface area contributed by atoms with Gasteiger partial charge < -0.3 is 20.7 Å². The monoisotopic (exact) mass is 255 g/mol. The molecule has 2 aliphatic heterocycles. The average molecular weight is 255 g/mol. The van der Waals surface area contributed by atoms with E-state index in [0.717, 1.165) is 25.9 Å². The lowest BCUT2D eigenvalue weighted by Crippen LogP contribution is -2.59. The second-order valence-corrected chi connectivity index (χ2v) is 4.90. The zero-order chi connectivity index (χ0) is 13.0. The van der Waals surface area contributed by atoms with Crippen molar-refractivity contribution >= 4 is 11.8 Å². The molecule has 102 valence electrons. The van der Waals surface area contributed by atoms with Crippen LogP contribution >= 0.6 is 0 Å². The van der Waals surface area contributed by atoms with Crippen LogP contribution in [0.4, 0.5) is 0 Å². The minimum atomic E-state index is -0.519. The fraction of sp³-hybridized carbons (Fsp3) is 0.833. The zero-order valence-corrected chi connectivity index (χ0v) is 10.6. The first-order valence-electron chi connectivity index (χ1n) is 6.59. The Kier molecular flexibility index (Phi) is 4.54. The highest BCUT2D eigenvalue weighted by Crippen LogP contribution is 2.17. The summed E-state index contributed by atoms with van der Waals surface area (Å²) >= 11 is 0. The summed E-state index contributed by atoms with van der Waals surface area (Å²) in [5, 5.41) is 3.08. The fourth-order valence-corrected chi connectivity index (χ4v) is 2.54. The van der Waals surface area contributed by atoms with Crippen molar-refractivity contribution < 1.29 is 14.3 Å². The van der Waals surface area contributed by atoms with E-state index in [1.807, 2.05) is 0 Å². The maximum atomic E-state index is 12.2. The normalized spacial score (nSPS) is 29.0. The number of primary amides is 1. The Morgan fingerprint density at radius 1 is 1.39 bits per heavy atom. The molecule has 0 radical (unpaired) electrons. The predicted molar refractivity (Wildman–Crippen MR) is 65.8 cm³/mol. The van der Waals surface area contributed by atoms with Gasteiger partial charge in [0, 0.05) is 26.2 Å². The van der Waals surface area contributed by atoms with Crippen molar-refractivity contribution in [1.29, 1.82) is 0 Å². The van der Waals surface area contributed by atoms with Crippen LogP contribution < -0.4 is 11.1 Å². The number of nitrogens with two attached hydrogens (primary N) is 1. The van der Waals surface area contributed by atoms with E-state index >= 15 is 0 Å². The number of nitrogens with one attached hydrogen (secondary N) is 1. The molecule has 2 heterocycles. The second-order valence-electron chi connectivity index (χ2n) is 4.90. The van der Waals surface area contributed by atoms with Crippen molar-refractivity contribution in [2.24, 2.45) is 5.73 Å². The average Bonchev–Trinajstić information content (AvgIpc) is 2.40. The number of hydrogen-bond donors (Lipinski definition) is 2. The molecule has 0 aliphatic carbocycles. The fourth-order valence-electron chi connectivity index (χ4n) is 2.54. The molecule has 0 aromatic carbocycles. The van der Waals surface area contributed by atoms with E-state index < -0.39 is 11.9 Å². The van der Waals surface area contributed by atoms with E-state index in [-0.39, 0.29) is 12.0 Å². The van der Waals surface area contributed by atoms with Crippen LogP contribution in [0.5, 0.6) is 0 Å². The van der Waals surface area contributed by atoms with E-state index in [0.29, 0.717) is 26.1 Å². The van der Waals surface area contributed by atoms with Gasteiger partial charge in [0.1, 0.15) is 6.04 Å². The van der Waals surface area contributed by atoms with Gasteiger partial charge in [0.15, 0.2) is 0 Å². The topological polar surface area (TPSA) is 84.7 Å². The number of hydrogen-bond acceptors (Lipinski definition) is 4. The Labute approximate surface area is 107 Å². The first-order chi connectivity index (χ1) is 8.68. The molecule has 0 aromatic heterocycles. The van der Waals surface area contributed by atoms with Gasteiger partial charge in [0.25, 0.3) is 0 Å². The van der Waals surface area contributed by atoms with Crippen LogP contribution in [0.15, 0.2) is 0 Å². The molecule has 0 aromatic rings. The summed E-state index contributed by atoms with van der Waals surface area (Å²) in [7, 11) is 0. The molecular formula is C12H21N3O3. The van der Waals surface area contributed by atoms with Crippen molar-refractivity contribution in [2.45, 2.75) is 37.8 Å². The predicted octanol–water partition coefficient (Wildman–Crippen LogP) is -0.769. The minimum Gasteiger partial charge on any atom is -0.378 e. The van der Waals surface area contributed by atoms with Gasteiger partial charge in [-0.25, -0.2) is 0 Å². The number of piperazine rings is 1. The second kappa shape index (κ2) is 6.15. The molecule has 18 heavy (non-hydrogen) atoms. The van der Waals surface area contributed by atoms with Crippen LogP contribution in [-0.2, 0) is 14.3 Å². The van der Waals surface area contributed by atoms with E-state index in [2.05, 4.69) is 5.32 Å². The van der Waals surface area contributed by atoms with Gasteiger partial charge in [-0.3, -0.25) is 9.59 Å². The van der Waals surface area contributed by atoms with Gasteiger partial charge in [0.2, 0.25) is 11.8 Å². The van der Waals surface area contributed by atoms with Crippen LogP contribution in [0.25, 0.3) is 0 Å².